The molecule has 156 valence electrons. The topological polar surface area (TPSA) is 45.5 Å². The van der Waals surface area contributed by atoms with E-state index >= 15 is 0 Å². The Balaban J connectivity index is 1.92. The fraction of sp³-hybridized carbons (Fsp3) is 0.346. The Hall–Kier alpha value is -3.03. The van der Waals surface area contributed by atoms with Gasteiger partial charge < -0.3 is 14.4 Å². The van der Waals surface area contributed by atoms with Crippen molar-refractivity contribution >= 4 is 16.5 Å². The second-order valence-corrected chi connectivity index (χ2v) is 7.16. The molecule has 0 bridgehead atoms. The van der Waals surface area contributed by atoms with Gasteiger partial charge in [0, 0.05) is 30.9 Å². The fourth-order valence-electron chi connectivity index (χ4n) is 3.70. The summed E-state index contributed by atoms with van der Waals surface area (Å²) in [5.74, 6) is 0.600. The van der Waals surface area contributed by atoms with Gasteiger partial charge in [-0.1, -0.05) is 37.3 Å². The molecule has 0 heterocycles. The van der Waals surface area contributed by atoms with E-state index in [0.717, 1.165) is 36.0 Å². The van der Waals surface area contributed by atoms with Crippen molar-refractivity contribution in [3.8, 4) is 22.9 Å². The SMILES string of the molecule is CCCN(CC)c1ccc2cc(-c3cccc(OCCOCC)c3C#N)ccc2c1. The molecular formula is C26H30N2O2. The van der Waals surface area contributed by atoms with Crippen molar-refractivity contribution < 1.29 is 9.47 Å². The fourth-order valence-corrected chi connectivity index (χ4v) is 3.70. The molecular weight excluding hydrogens is 372 g/mol. The van der Waals surface area contributed by atoms with E-state index in [9.17, 15) is 5.26 Å². The molecule has 0 fully saturated rings. The van der Waals surface area contributed by atoms with Gasteiger partial charge in [0.2, 0.25) is 0 Å². The van der Waals surface area contributed by atoms with Crippen LogP contribution in [0.15, 0.2) is 54.6 Å². The van der Waals surface area contributed by atoms with Crippen LogP contribution in [0.25, 0.3) is 21.9 Å². The lowest BCUT2D eigenvalue weighted by atomic mass is 9.97. The molecule has 0 radical (unpaired) electrons. The van der Waals surface area contributed by atoms with Crippen LogP contribution in [0, 0.1) is 11.3 Å². The van der Waals surface area contributed by atoms with Gasteiger partial charge in [0.1, 0.15) is 24.0 Å². The third kappa shape index (κ3) is 4.93. The molecule has 0 amide bonds. The molecule has 0 unspecified atom stereocenters. The highest BCUT2D eigenvalue weighted by molar-refractivity contribution is 5.91. The number of anilines is 1. The first kappa shape index (κ1) is 21.7. The van der Waals surface area contributed by atoms with Gasteiger partial charge >= 0.3 is 0 Å². The van der Waals surface area contributed by atoms with Crippen LogP contribution in [0.5, 0.6) is 5.75 Å². The third-order valence-electron chi connectivity index (χ3n) is 5.20. The molecule has 0 aromatic heterocycles. The van der Waals surface area contributed by atoms with Gasteiger partial charge in [-0.15, -0.1) is 0 Å². The summed E-state index contributed by atoms with van der Waals surface area (Å²) in [4.78, 5) is 2.39. The zero-order valence-corrected chi connectivity index (χ0v) is 18.1. The number of nitriles is 1. The maximum atomic E-state index is 9.78. The standard InChI is InChI=1S/C26H30N2O2/c1-4-14-28(5-2)23-13-12-20-17-22(11-10-21(20)18-23)24-8-7-9-26(25(24)19-27)30-16-15-29-6-3/h7-13,17-18H,4-6,14-16H2,1-3H3. The Labute approximate surface area is 179 Å². The highest BCUT2D eigenvalue weighted by Gasteiger charge is 2.12. The maximum absolute atomic E-state index is 9.78. The lowest BCUT2D eigenvalue weighted by molar-refractivity contribution is 0.110. The van der Waals surface area contributed by atoms with E-state index in [1.807, 2.05) is 25.1 Å². The molecule has 30 heavy (non-hydrogen) atoms. The van der Waals surface area contributed by atoms with Crippen molar-refractivity contribution in [1.82, 2.24) is 0 Å². The first-order valence-electron chi connectivity index (χ1n) is 10.7. The smallest absolute Gasteiger partial charge is 0.137 e. The van der Waals surface area contributed by atoms with Crippen LogP contribution < -0.4 is 9.64 Å². The van der Waals surface area contributed by atoms with Gasteiger partial charge in [0.15, 0.2) is 0 Å². The zero-order valence-electron chi connectivity index (χ0n) is 18.1. The molecule has 0 N–H and O–H groups in total. The van der Waals surface area contributed by atoms with Crippen LogP contribution in [-0.4, -0.2) is 32.9 Å². The highest BCUT2D eigenvalue weighted by atomic mass is 16.5. The number of ether oxygens (including phenoxy) is 2. The predicted octanol–water partition coefficient (Wildman–Crippen LogP) is 6.03. The average Bonchev–Trinajstić information content (AvgIpc) is 2.79. The lowest BCUT2D eigenvalue weighted by Gasteiger charge is -2.23. The second kappa shape index (κ2) is 10.7. The van der Waals surface area contributed by atoms with E-state index in [-0.39, 0.29) is 0 Å². The largest absolute Gasteiger partial charge is 0.490 e. The minimum atomic E-state index is 0.429. The van der Waals surface area contributed by atoms with Crippen molar-refractivity contribution in [2.45, 2.75) is 27.2 Å². The van der Waals surface area contributed by atoms with Gasteiger partial charge in [-0.2, -0.15) is 5.26 Å². The Kier molecular flexibility index (Phi) is 7.70. The van der Waals surface area contributed by atoms with Crippen molar-refractivity contribution in [3.63, 3.8) is 0 Å². The highest BCUT2D eigenvalue weighted by Crippen LogP contribution is 2.33. The van der Waals surface area contributed by atoms with Crippen LogP contribution >= 0.6 is 0 Å². The monoisotopic (exact) mass is 402 g/mol. The summed E-state index contributed by atoms with van der Waals surface area (Å²) in [5, 5.41) is 12.1. The van der Waals surface area contributed by atoms with Crippen molar-refractivity contribution in [2.24, 2.45) is 0 Å². The lowest BCUT2D eigenvalue weighted by Crippen LogP contribution is -2.23. The first-order chi connectivity index (χ1) is 14.7. The number of hydrogen-bond donors (Lipinski definition) is 0. The summed E-state index contributed by atoms with van der Waals surface area (Å²) in [5.41, 5.74) is 3.72. The van der Waals surface area contributed by atoms with E-state index in [1.54, 1.807) is 0 Å². The number of nitrogens with zero attached hydrogens (tertiary/aromatic N) is 2. The van der Waals surface area contributed by atoms with E-state index in [4.69, 9.17) is 9.47 Å². The Morgan fingerprint density at radius 3 is 2.47 bits per heavy atom. The molecule has 4 heteroatoms. The molecule has 3 aromatic rings. The minimum Gasteiger partial charge on any atom is -0.490 e. The second-order valence-electron chi connectivity index (χ2n) is 7.16. The summed E-state index contributed by atoms with van der Waals surface area (Å²) < 4.78 is 11.1. The maximum Gasteiger partial charge on any atom is 0.137 e. The van der Waals surface area contributed by atoms with Gasteiger partial charge in [-0.05, 0) is 60.9 Å². The summed E-state index contributed by atoms with van der Waals surface area (Å²) in [6, 6.07) is 21.0. The predicted molar refractivity (Wildman–Crippen MR) is 124 cm³/mol. The van der Waals surface area contributed by atoms with Gasteiger partial charge in [-0.3, -0.25) is 0 Å². The summed E-state index contributed by atoms with van der Waals surface area (Å²) >= 11 is 0. The van der Waals surface area contributed by atoms with Crippen LogP contribution in [0.4, 0.5) is 5.69 Å². The van der Waals surface area contributed by atoms with Crippen LogP contribution in [-0.2, 0) is 4.74 Å². The molecule has 4 nitrogen and oxygen atoms in total. The molecule has 0 atom stereocenters. The van der Waals surface area contributed by atoms with Crippen molar-refractivity contribution in [1.29, 1.82) is 5.26 Å². The number of rotatable bonds is 10. The third-order valence-corrected chi connectivity index (χ3v) is 5.20. The van der Waals surface area contributed by atoms with Crippen LogP contribution in [0.1, 0.15) is 32.8 Å². The zero-order chi connectivity index (χ0) is 21.3. The summed E-state index contributed by atoms with van der Waals surface area (Å²) in [6.07, 6.45) is 1.13. The molecule has 3 aromatic carbocycles. The Morgan fingerprint density at radius 2 is 1.73 bits per heavy atom. The van der Waals surface area contributed by atoms with Gasteiger partial charge in [-0.25, -0.2) is 0 Å². The number of benzene rings is 3. The minimum absolute atomic E-state index is 0.429. The van der Waals surface area contributed by atoms with E-state index in [0.29, 0.717) is 31.1 Å². The number of hydrogen-bond acceptors (Lipinski definition) is 4. The molecule has 0 saturated carbocycles. The molecule has 0 aliphatic carbocycles. The molecule has 0 aliphatic rings. The normalized spacial score (nSPS) is 10.7. The quantitative estimate of drug-likeness (QED) is 0.388. The summed E-state index contributed by atoms with van der Waals surface area (Å²) in [7, 11) is 0. The Bertz CT molecular complexity index is 1020. The van der Waals surface area contributed by atoms with E-state index in [1.165, 1.54) is 11.1 Å². The molecule has 0 saturated heterocycles. The Morgan fingerprint density at radius 1 is 0.933 bits per heavy atom. The van der Waals surface area contributed by atoms with Crippen LogP contribution in [0.3, 0.4) is 0 Å². The molecule has 0 spiro atoms. The molecule has 0 aliphatic heterocycles. The summed E-state index contributed by atoms with van der Waals surface area (Å²) in [6.45, 7) is 10.00. The number of fused-ring (bicyclic) bond motifs is 1. The average molecular weight is 403 g/mol. The molecule has 3 rings (SSSR count). The van der Waals surface area contributed by atoms with E-state index < -0.39 is 0 Å². The van der Waals surface area contributed by atoms with Gasteiger partial charge in [0.05, 0.1) is 6.61 Å². The first-order valence-corrected chi connectivity index (χ1v) is 10.7. The van der Waals surface area contributed by atoms with Gasteiger partial charge in [0.25, 0.3) is 0 Å². The van der Waals surface area contributed by atoms with Crippen molar-refractivity contribution in [2.75, 3.05) is 37.8 Å². The van der Waals surface area contributed by atoms with Crippen molar-refractivity contribution in [3.05, 3.63) is 60.2 Å². The van der Waals surface area contributed by atoms with E-state index in [2.05, 4.69) is 61.2 Å². The van der Waals surface area contributed by atoms with Crippen LogP contribution in [0.2, 0.25) is 0 Å².